The number of aryl methyl sites for hydroxylation is 6. The molecule has 3 rings (SSSR count). The monoisotopic (exact) mass is 450 g/mol. The molecule has 0 aliphatic heterocycles. The Balaban J connectivity index is 2.03. The molecule has 6 heteroatoms. The Morgan fingerprint density at radius 2 is 1.31 bits per heavy atom. The fourth-order valence-corrected chi connectivity index (χ4v) is 5.29. The molecule has 0 spiro atoms. The topological polar surface area (TPSA) is 66.5 Å². The van der Waals surface area contributed by atoms with E-state index in [1.165, 1.54) is 4.31 Å². The Labute approximate surface area is 191 Å². The molecule has 1 N–H and O–H groups in total. The summed E-state index contributed by atoms with van der Waals surface area (Å²) in [6.45, 7) is 11.2. The number of sulfonamides is 1. The van der Waals surface area contributed by atoms with E-state index in [-0.39, 0.29) is 11.4 Å². The van der Waals surface area contributed by atoms with Crippen LogP contribution in [0.1, 0.15) is 33.4 Å². The van der Waals surface area contributed by atoms with Gasteiger partial charge in [-0.2, -0.15) is 0 Å². The predicted octanol–water partition coefficient (Wildman–Crippen LogP) is 5.37. The predicted molar refractivity (Wildman–Crippen MR) is 131 cm³/mol. The van der Waals surface area contributed by atoms with Gasteiger partial charge in [-0.05, 0) is 82.0 Å². The molecular formula is C26H30N2O3S. The maximum Gasteiger partial charge on any atom is 0.264 e. The number of hydrogen-bond donors (Lipinski definition) is 1. The van der Waals surface area contributed by atoms with Crippen LogP contribution >= 0.6 is 0 Å². The highest BCUT2D eigenvalue weighted by atomic mass is 32.2. The second kappa shape index (κ2) is 9.17. The number of nitrogens with one attached hydrogen (secondary N) is 1. The summed E-state index contributed by atoms with van der Waals surface area (Å²) in [5, 5.41) is 2.93. The Morgan fingerprint density at radius 3 is 1.91 bits per heavy atom. The van der Waals surface area contributed by atoms with E-state index >= 15 is 0 Å². The smallest absolute Gasteiger partial charge is 0.264 e. The number of nitrogens with zero attached hydrogens (tertiary/aromatic N) is 1. The van der Waals surface area contributed by atoms with Gasteiger partial charge in [-0.25, -0.2) is 8.42 Å². The summed E-state index contributed by atoms with van der Waals surface area (Å²) in [6.07, 6.45) is 0. The maximum atomic E-state index is 13.6. The van der Waals surface area contributed by atoms with Crippen LogP contribution in [0.4, 0.5) is 11.4 Å². The van der Waals surface area contributed by atoms with E-state index in [0.29, 0.717) is 11.4 Å². The lowest BCUT2D eigenvalue weighted by atomic mass is 10.1. The zero-order chi connectivity index (χ0) is 23.6. The third-order valence-corrected chi connectivity index (χ3v) is 7.24. The fraction of sp³-hybridized carbons (Fsp3) is 0.269. The minimum atomic E-state index is -3.95. The van der Waals surface area contributed by atoms with Crippen molar-refractivity contribution in [2.24, 2.45) is 0 Å². The average Bonchev–Trinajstić information content (AvgIpc) is 2.71. The first-order chi connectivity index (χ1) is 15.0. The van der Waals surface area contributed by atoms with Crippen molar-refractivity contribution in [1.29, 1.82) is 0 Å². The lowest BCUT2D eigenvalue weighted by Crippen LogP contribution is -2.38. The van der Waals surface area contributed by atoms with E-state index in [1.807, 2.05) is 65.8 Å². The first-order valence-electron chi connectivity index (χ1n) is 10.5. The van der Waals surface area contributed by atoms with E-state index in [4.69, 9.17) is 0 Å². The normalized spacial score (nSPS) is 11.3. The van der Waals surface area contributed by atoms with Crippen LogP contribution in [0.2, 0.25) is 0 Å². The summed E-state index contributed by atoms with van der Waals surface area (Å²) < 4.78 is 28.4. The Bertz CT molecular complexity index is 1240. The molecule has 3 aromatic carbocycles. The van der Waals surface area contributed by atoms with Crippen LogP contribution < -0.4 is 9.62 Å². The largest absolute Gasteiger partial charge is 0.324 e. The van der Waals surface area contributed by atoms with Gasteiger partial charge >= 0.3 is 0 Å². The molecule has 0 radical (unpaired) electrons. The summed E-state index contributed by atoms with van der Waals surface area (Å²) in [4.78, 5) is 13.2. The molecule has 0 aliphatic carbocycles. The third kappa shape index (κ3) is 5.02. The van der Waals surface area contributed by atoms with Gasteiger partial charge in [0.05, 0.1) is 10.6 Å². The number of benzene rings is 3. The van der Waals surface area contributed by atoms with Gasteiger partial charge in [0.1, 0.15) is 6.54 Å². The minimum Gasteiger partial charge on any atom is -0.324 e. The van der Waals surface area contributed by atoms with Gasteiger partial charge in [0.25, 0.3) is 10.0 Å². The molecule has 0 aliphatic rings. The summed E-state index contributed by atoms with van der Waals surface area (Å²) in [5.41, 5.74) is 6.86. The van der Waals surface area contributed by atoms with E-state index in [1.54, 1.807) is 30.3 Å². The highest BCUT2D eigenvalue weighted by Gasteiger charge is 2.28. The van der Waals surface area contributed by atoms with Gasteiger partial charge in [0, 0.05) is 5.69 Å². The molecule has 0 bridgehead atoms. The van der Waals surface area contributed by atoms with Gasteiger partial charge in [0.15, 0.2) is 0 Å². The van der Waals surface area contributed by atoms with E-state index in [0.717, 1.165) is 33.4 Å². The zero-order valence-corrected chi connectivity index (χ0v) is 20.3. The number of carbonyl (C=O) groups is 1. The Kier molecular flexibility index (Phi) is 6.74. The molecular weight excluding hydrogens is 420 g/mol. The van der Waals surface area contributed by atoms with Crippen molar-refractivity contribution >= 4 is 27.3 Å². The lowest BCUT2D eigenvalue weighted by Gasteiger charge is -2.26. The van der Waals surface area contributed by atoms with Crippen LogP contribution in [0.5, 0.6) is 0 Å². The molecule has 0 aromatic heterocycles. The van der Waals surface area contributed by atoms with Crippen LogP contribution in [-0.4, -0.2) is 20.9 Å². The molecule has 1 amide bonds. The molecule has 5 nitrogen and oxygen atoms in total. The third-order valence-electron chi connectivity index (χ3n) is 5.47. The first kappa shape index (κ1) is 23.5. The van der Waals surface area contributed by atoms with Gasteiger partial charge in [-0.1, -0.05) is 47.5 Å². The van der Waals surface area contributed by atoms with Crippen molar-refractivity contribution in [2.75, 3.05) is 16.2 Å². The molecule has 0 saturated carbocycles. The molecule has 0 saturated heterocycles. The van der Waals surface area contributed by atoms with Crippen LogP contribution in [-0.2, 0) is 14.8 Å². The SMILES string of the molecule is Cc1ccc(S(=O)(=O)N(CC(=O)Nc2c(C)cc(C)cc2C)c2cc(C)ccc2C)cc1. The summed E-state index contributed by atoms with van der Waals surface area (Å²) >= 11 is 0. The van der Waals surface area contributed by atoms with Gasteiger partial charge < -0.3 is 5.32 Å². The van der Waals surface area contributed by atoms with Crippen LogP contribution in [0.3, 0.4) is 0 Å². The summed E-state index contributed by atoms with van der Waals surface area (Å²) in [7, 11) is -3.95. The molecule has 32 heavy (non-hydrogen) atoms. The quantitative estimate of drug-likeness (QED) is 0.549. The average molecular weight is 451 g/mol. The van der Waals surface area contributed by atoms with Crippen molar-refractivity contribution in [3.63, 3.8) is 0 Å². The second-order valence-corrected chi connectivity index (χ2v) is 10.3. The zero-order valence-electron chi connectivity index (χ0n) is 19.5. The highest BCUT2D eigenvalue weighted by Crippen LogP contribution is 2.29. The number of anilines is 2. The summed E-state index contributed by atoms with van der Waals surface area (Å²) in [5.74, 6) is -0.392. The van der Waals surface area contributed by atoms with Crippen LogP contribution in [0.15, 0.2) is 59.5 Å². The second-order valence-electron chi connectivity index (χ2n) is 8.44. The highest BCUT2D eigenvalue weighted by molar-refractivity contribution is 7.92. The maximum absolute atomic E-state index is 13.6. The van der Waals surface area contributed by atoms with E-state index in [9.17, 15) is 13.2 Å². The standard InChI is InChI=1S/C26H30N2O3S/c1-17-8-11-23(12-9-17)32(30,31)28(24-15-18(2)7-10-20(24)4)16-25(29)27-26-21(5)13-19(3)14-22(26)6/h7-15H,16H2,1-6H3,(H,27,29). The van der Waals surface area contributed by atoms with Crippen molar-refractivity contribution in [1.82, 2.24) is 0 Å². The number of carbonyl (C=O) groups excluding carboxylic acids is 1. The van der Waals surface area contributed by atoms with Crippen LogP contribution in [0, 0.1) is 41.5 Å². The number of rotatable bonds is 6. The Morgan fingerprint density at radius 1 is 0.750 bits per heavy atom. The molecule has 0 fully saturated rings. The van der Waals surface area contributed by atoms with Crippen molar-refractivity contribution in [2.45, 2.75) is 46.4 Å². The number of amides is 1. The molecule has 0 atom stereocenters. The lowest BCUT2D eigenvalue weighted by molar-refractivity contribution is -0.114. The van der Waals surface area contributed by atoms with Gasteiger partial charge in [-0.3, -0.25) is 9.10 Å². The fourth-order valence-electron chi connectivity index (χ4n) is 3.81. The van der Waals surface area contributed by atoms with E-state index < -0.39 is 15.9 Å². The van der Waals surface area contributed by atoms with Crippen molar-refractivity contribution in [3.05, 3.63) is 88.0 Å². The number of hydrogen-bond acceptors (Lipinski definition) is 3. The van der Waals surface area contributed by atoms with Crippen molar-refractivity contribution in [3.8, 4) is 0 Å². The molecule has 168 valence electrons. The molecule has 3 aromatic rings. The Hall–Kier alpha value is -3.12. The summed E-state index contributed by atoms with van der Waals surface area (Å²) in [6, 6.07) is 16.3. The first-order valence-corrected chi connectivity index (χ1v) is 12.0. The molecule has 0 unspecified atom stereocenters. The van der Waals surface area contributed by atoms with Crippen molar-refractivity contribution < 1.29 is 13.2 Å². The van der Waals surface area contributed by atoms with Crippen LogP contribution in [0.25, 0.3) is 0 Å². The van der Waals surface area contributed by atoms with Gasteiger partial charge in [0.2, 0.25) is 5.91 Å². The minimum absolute atomic E-state index is 0.152. The van der Waals surface area contributed by atoms with E-state index in [2.05, 4.69) is 5.32 Å². The molecule has 0 heterocycles. The van der Waals surface area contributed by atoms with Gasteiger partial charge in [-0.15, -0.1) is 0 Å².